The molecule has 0 aliphatic rings. The molecule has 4 heteroatoms. The average molecular weight is 225 g/mol. The summed E-state index contributed by atoms with van der Waals surface area (Å²) >= 11 is 0. The van der Waals surface area contributed by atoms with E-state index in [-0.39, 0.29) is 0 Å². The summed E-state index contributed by atoms with van der Waals surface area (Å²) in [6.45, 7) is 3.95. The molecule has 0 radical (unpaired) electrons. The summed E-state index contributed by atoms with van der Waals surface area (Å²) in [5.74, 6) is 0.542. The number of aromatic nitrogens is 2. The number of ether oxygens (including phenoxy) is 1. The second kappa shape index (κ2) is 4.99. The van der Waals surface area contributed by atoms with Crippen molar-refractivity contribution in [2.75, 3.05) is 6.61 Å². The molecule has 17 heavy (non-hydrogen) atoms. The Morgan fingerprint density at radius 1 is 1.53 bits per heavy atom. The summed E-state index contributed by atoms with van der Waals surface area (Å²) in [7, 11) is 0. The lowest BCUT2D eigenvalue weighted by atomic mass is 10.2. The van der Waals surface area contributed by atoms with Crippen molar-refractivity contribution in [1.29, 1.82) is 5.26 Å². The van der Waals surface area contributed by atoms with E-state index in [1.54, 1.807) is 29.1 Å². The summed E-state index contributed by atoms with van der Waals surface area (Å²) in [5.41, 5.74) is 1.36. The van der Waals surface area contributed by atoms with E-state index in [2.05, 4.69) is 17.7 Å². The molecule has 0 spiro atoms. The maximum atomic E-state index is 8.96. The van der Waals surface area contributed by atoms with Crippen LogP contribution in [0.3, 0.4) is 0 Å². The maximum Gasteiger partial charge on any atom is 0.139 e. The predicted octanol–water partition coefficient (Wildman–Crippen LogP) is 2.31. The van der Waals surface area contributed by atoms with E-state index >= 15 is 0 Å². The van der Waals surface area contributed by atoms with Crippen LogP contribution in [0, 0.1) is 11.3 Å². The van der Waals surface area contributed by atoms with Gasteiger partial charge in [-0.15, -0.1) is 0 Å². The first kappa shape index (κ1) is 11.0. The minimum atomic E-state index is 0.372. The smallest absolute Gasteiger partial charge is 0.139 e. The van der Waals surface area contributed by atoms with Crippen molar-refractivity contribution >= 4 is 0 Å². The zero-order valence-corrected chi connectivity index (χ0v) is 9.21. The highest BCUT2D eigenvalue weighted by Crippen LogP contribution is 2.21. The molecule has 0 bridgehead atoms. The van der Waals surface area contributed by atoms with E-state index in [1.807, 2.05) is 18.3 Å². The van der Waals surface area contributed by atoms with Crippen molar-refractivity contribution in [3.8, 4) is 17.5 Å². The Kier molecular flexibility index (Phi) is 3.22. The van der Waals surface area contributed by atoms with Crippen LogP contribution in [0.15, 0.2) is 49.3 Å². The summed E-state index contributed by atoms with van der Waals surface area (Å²) < 4.78 is 7.14. The number of nitrogens with zero attached hydrogens (tertiary/aromatic N) is 3. The highest BCUT2D eigenvalue weighted by molar-refractivity contribution is 5.50. The summed E-state index contributed by atoms with van der Waals surface area (Å²) in [5, 5.41) is 13.1. The van der Waals surface area contributed by atoms with Gasteiger partial charge in [0.15, 0.2) is 0 Å². The van der Waals surface area contributed by atoms with E-state index in [0.29, 0.717) is 17.9 Å². The highest BCUT2D eigenvalue weighted by Gasteiger charge is 2.05. The third kappa shape index (κ3) is 2.34. The van der Waals surface area contributed by atoms with Crippen LogP contribution in [0.5, 0.6) is 5.75 Å². The zero-order chi connectivity index (χ0) is 12.1. The molecule has 2 rings (SSSR count). The van der Waals surface area contributed by atoms with Gasteiger partial charge in [0.2, 0.25) is 0 Å². The lowest BCUT2D eigenvalue weighted by Crippen LogP contribution is -1.99. The Morgan fingerprint density at radius 3 is 3.06 bits per heavy atom. The molecule has 0 saturated carbocycles. The number of hydrogen-bond acceptors (Lipinski definition) is 3. The number of nitriles is 1. The van der Waals surface area contributed by atoms with Gasteiger partial charge in [0.1, 0.15) is 18.4 Å². The van der Waals surface area contributed by atoms with E-state index < -0.39 is 0 Å². The standard InChI is InChI=1S/C13H11N3O/c1-2-8-17-13-9-12(5-4-11(13)10-14)16-7-3-6-15-16/h2-7,9H,1,8H2. The van der Waals surface area contributed by atoms with Crippen molar-refractivity contribution in [2.45, 2.75) is 0 Å². The predicted molar refractivity (Wildman–Crippen MR) is 64.0 cm³/mol. The van der Waals surface area contributed by atoms with Crippen LogP contribution in [0.4, 0.5) is 0 Å². The van der Waals surface area contributed by atoms with Crippen LogP contribution in [-0.2, 0) is 0 Å². The first-order chi connectivity index (χ1) is 8.35. The van der Waals surface area contributed by atoms with Gasteiger partial charge in [-0.2, -0.15) is 10.4 Å². The largest absolute Gasteiger partial charge is 0.488 e. The molecular weight excluding hydrogens is 214 g/mol. The Labute approximate surface area is 99.4 Å². The van der Waals surface area contributed by atoms with Gasteiger partial charge < -0.3 is 4.74 Å². The molecule has 84 valence electrons. The molecule has 2 aromatic rings. The molecule has 0 amide bonds. The van der Waals surface area contributed by atoms with Crippen molar-refractivity contribution in [3.63, 3.8) is 0 Å². The van der Waals surface area contributed by atoms with Gasteiger partial charge in [-0.1, -0.05) is 12.7 Å². The molecule has 1 aromatic heterocycles. The molecule has 1 heterocycles. The fourth-order valence-corrected chi connectivity index (χ4v) is 1.44. The number of rotatable bonds is 4. The van der Waals surface area contributed by atoms with Crippen LogP contribution in [0.1, 0.15) is 5.56 Å². The molecule has 0 N–H and O–H groups in total. The van der Waals surface area contributed by atoms with Gasteiger partial charge in [0.25, 0.3) is 0 Å². The third-order valence-electron chi connectivity index (χ3n) is 2.21. The fourth-order valence-electron chi connectivity index (χ4n) is 1.44. The number of benzene rings is 1. The second-order valence-corrected chi connectivity index (χ2v) is 3.34. The van der Waals surface area contributed by atoms with Gasteiger partial charge in [-0.25, -0.2) is 4.68 Å². The van der Waals surface area contributed by atoms with Crippen LogP contribution in [0.2, 0.25) is 0 Å². The minimum absolute atomic E-state index is 0.372. The van der Waals surface area contributed by atoms with Gasteiger partial charge in [0, 0.05) is 18.5 Å². The molecule has 0 saturated heterocycles. The lowest BCUT2D eigenvalue weighted by molar-refractivity contribution is 0.362. The van der Waals surface area contributed by atoms with Gasteiger partial charge >= 0.3 is 0 Å². The average Bonchev–Trinajstić information content (AvgIpc) is 2.89. The van der Waals surface area contributed by atoms with Crippen molar-refractivity contribution in [2.24, 2.45) is 0 Å². The van der Waals surface area contributed by atoms with Gasteiger partial charge in [0.05, 0.1) is 11.3 Å². The van der Waals surface area contributed by atoms with Crippen LogP contribution in [-0.4, -0.2) is 16.4 Å². The van der Waals surface area contributed by atoms with Gasteiger partial charge in [-0.3, -0.25) is 0 Å². The normalized spacial score (nSPS) is 9.59. The van der Waals surface area contributed by atoms with Crippen LogP contribution >= 0.6 is 0 Å². The summed E-state index contributed by atoms with van der Waals surface area (Å²) in [4.78, 5) is 0. The minimum Gasteiger partial charge on any atom is -0.488 e. The van der Waals surface area contributed by atoms with E-state index in [1.165, 1.54) is 0 Å². The monoisotopic (exact) mass is 225 g/mol. The second-order valence-electron chi connectivity index (χ2n) is 3.34. The van der Waals surface area contributed by atoms with Crippen molar-refractivity contribution in [1.82, 2.24) is 9.78 Å². The van der Waals surface area contributed by atoms with Crippen LogP contribution in [0.25, 0.3) is 5.69 Å². The molecule has 0 fully saturated rings. The fraction of sp³-hybridized carbons (Fsp3) is 0.0769. The highest BCUT2D eigenvalue weighted by atomic mass is 16.5. The van der Waals surface area contributed by atoms with Gasteiger partial charge in [-0.05, 0) is 18.2 Å². The number of hydrogen-bond donors (Lipinski definition) is 0. The lowest BCUT2D eigenvalue weighted by Gasteiger charge is -2.08. The van der Waals surface area contributed by atoms with Crippen molar-refractivity contribution in [3.05, 3.63) is 54.9 Å². The Hall–Kier alpha value is -2.54. The first-order valence-electron chi connectivity index (χ1n) is 5.13. The Morgan fingerprint density at radius 2 is 2.41 bits per heavy atom. The zero-order valence-electron chi connectivity index (χ0n) is 9.21. The van der Waals surface area contributed by atoms with E-state index in [9.17, 15) is 0 Å². The molecule has 0 unspecified atom stereocenters. The maximum absolute atomic E-state index is 8.96. The van der Waals surface area contributed by atoms with E-state index in [4.69, 9.17) is 10.00 Å². The molecule has 0 aliphatic carbocycles. The molecule has 0 atom stereocenters. The SMILES string of the molecule is C=CCOc1cc(-n2cccn2)ccc1C#N. The first-order valence-corrected chi connectivity index (χ1v) is 5.13. The molecular formula is C13H11N3O. The quantitative estimate of drug-likeness (QED) is 0.750. The summed E-state index contributed by atoms with van der Waals surface area (Å²) in [6, 6.07) is 9.25. The van der Waals surface area contributed by atoms with E-state index in [0.717, 1.165) is 5.69 Å². The summed E-state index contributed by atoms with van der Waals surface area (Å²) in [6.07, 6.45) is 5.17. The van der Waals surface area contributed by atoms with Crippen molar-refractivity contribution < 1.29 is 4.74 Å². The topological polar surface area (TPSA) is 50.8 Å². The third-order valence-corrected chi connectivity index (χ3v) is 2.21. The molecule has 4 nitrogen and oxygen atoms in total. The Balaban J connectivity index is 2.38. The molecule has 1 aromatic carbocycles. The molecule has 0 aliphatic heterocycles. The Bertz CT molecular complexity index is 553. The van der Waals surface area contributed by atoms with Crippen LogP contribution < -0.4 is 4.74 Å².